The third-order valence-corrected chi connectivity index (χ3v) is 1.61. The molecule has 0 spiro atoms. The topological polar surface area (TPSA) is 106 Å². The maximum atomic E-state index is 10.5. The van der Waals surface area contributed by atoms with Gasteiger partial charge in [-0.25, -0.2) is 4.79 Å². The minimum atomic E-state index is -1.17. The second-order valence-electron chi connectivity index (χ2n) is 2.49. The van der Waals surface area contributed by atoms with E-state index in [-0.39, 0.29) is 22.5 Å². The van der Waals surface area contributed by atoms with Gasteiger partial charge in [-0.1, -0.05) is 0 Å². The molecule has 1 rings (SSSR count). The molecule has 0 saturated heterocycles. The Labute approximate surface area is 74.0 Å². The molecule has 0 heterocycles. The van der Waals surface area contributed by atoms with Crippen molar-refractivity contribution in [2.24, 2.45) is 0 Å². The van der Waals surface area contributed by atoms with E-state index >= 15 is 0 Å². The first-order valence-corrected chi connectivity index (χ1v) is 3.43. The van der Waals surface area contributed by atoms with Crippen molar-refractivity contribution in [3.8, 4) is 0 Å². The monoisotopic (exact) mass is 180 g/mol. The van der Waals surface area contributed by atoms with Crippen molar-refractivity contribution < 1.29 is 14.7 Å². The normalized spacial score (nSPS) is 9.54. The fourth-order valence-electron chi connectivity index (χ4n) is 0.938. The van der Waals surface area contributed by atoms with Gasteiger partial charge in [0.05, 0.1) is 5.56 Å². The number of carbonyl (C=O) groups excluding carboxylic acids is 1. The van der Waals surface area contributed by atoms with Gasteiger partial charge in [-0.15, -0.1) is 0 Å². The molecule has 0 aromatic heterocycles. The molecule has 1 aromatic carbocycles. The van der Waals surface area contributed by atoms with Crippen LogP contribution < -0.4 is 11.5 Å². The highest BCUT2D eigenvalue weighted by Crippen LogP contribution is 2.19. The molecule has 0 bridgehead atoms. The number of anilines is 2. The van der Waals surface area contributed by atoms with E-state index in [9.17, 15) is 9.59 Å². The minimum Gasteiger partial charge on any atom is -0.478 e. The van der Waals surface area contributed by atoms with E-state index in [4.69, 9.17) is 16.6 Å². The zero-order chi connectivity index (χ0) is 10.0. The summed E-state index contributed by atoms with van der Waals surface area (Å²) in [6.45, 7) is 0. The summed E-state index contributed by atoms with van der Waals surface area (Å²) >= 11 is 0. The number of nitrogen functional groups attached to an aromatic ring is 2. The molecular formula is C8H8N2O3. The van der Waals surface area contributed by atoms with E-state index < -0.39 is 5.97 Å². The molecule has 5 nitrogen and oxygen atoms in total. The van der Waals surface area contributed by atoms with Gasteiger partial charge in [0.2, 0.25) is 0 Å². The number of hydrogen-bond donors (Lipinski definition) is 3. The average Bonchev–Trinajstić information content (AvgIpc) is 2.07. The number of benzene rings is 1. The quantitative estimate of drug-likeness (QED) is 0.450. The van der Waals surface area contributed by atoms with Crippen molar-refractivity contribution in [1.29, 1.82) is 0 Å². The summed E-state index contributed by atoms with van der Waals surface area (Å²) in [6, 6.07) is 2.41. The fourth-order valence-corrected chi connectivity index (χ4v) is 0.938. The third-order valence-electron chi connectivity index (χ3n) is 1.61. The van der Waals surface area contributed by atoms with Gasteiger partial charge in [0, 0.05) is 16.9 Å². The average molecular weight is 180 g/mol. The van der Waals surface area contributed by atoms with Crippen LogP contribution in [0.25, 0.3) is 0 Å². The van der Waals surface area contributed by atoms with Crippen molar-refractivity contribution in [1.82, 2.24) is 0 Å². The smallest absolute Gasteiger partial charge is 0.337 e. The Bertz CT molecular complexity index is 374. The zero-order valence-corrected chi connectivity index (χ0v) is 6.65. The van der Waals surface area contributed by atoms with Crippen LogP contribution in [0.4, 0.5) is 11.4 Å². The number of aldehydes is 1. The third kappa shape index (κ3) is 1.58. The van der Waals surface area contributed by atoms with Crippen LogP contribution in [-0.4, -0.2) is 17.4 Å². The Balaban J connectivity index is 3.36. The molecule has 5 heteroatoms. The highest BCUT2D eigenvalue weighted by molar-refractivity contribution is 5.98. The van der Waals surface area contributed by atoms with E-state index in [1.807, 2.05) is 0 Å². The summed E-state index contributed by atoms with van der Waals surface area (Å²) < 4.78 is 0. The molecule has 0 aliphatic heterocycles. The van der Waals surface area contributed by atoms with Crippen molar-refractivity contribution in [3.05, 3.63) is 23.3 Å². The van der Waals surface area contributed by atoms with Crippen molar-refractivity contribution in [3.63, 3.8) is 0 Å². The first kappa shape index (κ1) is 9.05. The molecule has 0 aliphatic rings. The van der Waals surface area contributed by atoms with Crippen molar-refractivity contribution >= 4 is 23.6 Å². The largest absolute Gasteiger partial charge is 0.478 e. The first-order valence-electron chi connectivity index (χ1n) is 3.43. The zero-order valence-electron chi connectivity index (χ0n) is 6.65. The van der Waals surface area contributed by atoms with Gasteiger partial charge in [-0.2, -0.15) is 0 Å². The Kier molecular flexibility index (Phi) is 2.19. The van der Waals surface area contributed by atoms with E-state index in [1.54, 1.807) is 0 Å². The van der Waals surface area contributed by atoms with E-state index in [0.717, 1.165) is 0 Å². The Hall–Kier alpha value is -2.04. The summed E-state index contributed by atoms with van der Waals surface area (Å²) in [5.74, 6) is -1.17. The summed E-state index contributed by atoms with van der Waals surface area (Å²) in [4.78, 5) is 20.9. The molecule has 0 atom stereocenters. The lowest BCUT2D eigenvalue weighted by molar-refractivity contribution is 0.0698. The molecule has 5 N–H and O–H groups in total. The maximum Gasteiger partial charge on any atom is 0.337 e. The second kappa shape index (κ2) is 3.14. The molecule has 68 valence electrons. The molecule has 0 radical (unpaired) electrons. The Morgan fingerprint density at radius 1 is 1.31 bits per heavy atom. The van der Waals surface area contributed by atoms with Gasteiger partial charge in [0.1, 0.15) is 0 Å². The molecule has 1 aromatic rings. The van der Waals surface area contributed by atoms with E-state index in [1.165, 1.54) is 12.1 Å². The van der Waals surface area contributed by atoms with Crippen LogP contribution in [0, 0.1) is 0 Å². The Morgan fingerprint density at radius 2 is 1.92 bits per heavy atom. The standard InChI is InChI=1S/C8H8N2O3/c9-6-2-5(8(12)13)7(10)1-4(6)3-11/h1-3H,9-10H2,(H,12,13). The highest BCUT2D eigenvalue weighted by atomic mass is 16.4. The fraction of sp³-hybridized carbons (Fsp3) is 0. The number of rotatable bonds is 2. The van der Waals surface area contributed by atoms with Crippen LogP contribution >= 0.6 is 0 Å². The molecular weight excluding hydrogens is 172 g/mol. The predicted octanol–water partition coefficient (Wildman–Crippen LogP) is 0.362. The number of carbonyl (C=O) groups is 2. The SMILES string of the molecule is Nc1cc(C(=O)O)c(N)cc1C=O. The van der Waals surface area contributed by atoms with Crippen LogP contribution in [0.1, 0.15) is 20.7 Å². The number of carboxylic acids is 1. The minimum absolute atomic E-state index is 0.0313. The van der Waals surface area contributed by atoms with Crippen molar-refractivity contribution in [2.45, 2.75) is 0 Å². The van der Waals surface area contributed by atoms with Crippen LogP contribution in [0.5, 0.6) is 0 Å². The van der Waals surface area contributed by atoms with Crippen LogP contribution in [0.2, 0.25) is 0 Å². The van der Waals surface area contributed by atoms with Gasteiger partial charge >= 0.3 is 5.97 Å². The number of carboxylic acid groups (broad SMARTS) is 1. The lowest BCUT2D eigenvalue weighted by atomic mass is 10.1. The molecule has 0 fully saturated rings. The molecule has 13 heavy (non-hydrogen) atoms. The van der Waals surface area contributed by atoms with Gasteiger partial charge in [0.25, 0.3) is 0 Å². The molecule has 0 amide bonds. The summed E-state index contributed by atoms with van der Waals surface area (Å²) in [5.41, 5.74) is 11.0. The number of aromatic carboxylic acids is 1. The summed E-state index contributed by atoms with van der Waals surface area (Å²) in [5, 5.41) is 8.63. The Morgan fingerprint density at radius 3 is 2.38 bits per heavy atom. The first-order chi connectivity index (χ1) is 6.06. The number of nitrogens with two attached hydrogens (primary N) is 2. The van der Waals surface area contributed by atoms with Crippen molar-refractivity contribution in [2.75, 3.05) is 11.5 Å². The lowest BCUT2D eigenvalue weighted by Crippen LogP contribution is -2.05. The van der Waals surface area contributed by atoms with Gasteiger partial charge in [0.15, 0.2) is 6.29 Å². The molecule has 0 unspecified atom stereocenters. The lowest BCUT2D eigenvalue weighted by Gasteiger charge is -2.03. The van der Waals surface area contributed by atoms with Crippen LogP contribution in [0.3, 0.4) is 0 Å². The second-order valence-corrected chi connectivity index (χ2v) is 2.49. The molecule has 0 saturated carbocycles. The van der Waals surface area contributed by atoms with Crippen LogP contribution in [-0.2, 0) is 0 Å². The van der Waals surface area contributed by atoms with Gasteiger partial charge in [-0.05, 0) is 12.1 Å². The maximum absolute atomic E-state index is 10.5. The predicted molar refractivity (Wildman–Crippen MR) is 47.6 cm³/mol. The van der Waals surface area contributed by atoms with Gasteiger partial charge < -0.3 is 16.6 Å². The summed E-state index contributed by atoms with van der Waals surface area (Å²) in [7, 11) is 0. The molecule has 0 aliphatic carbocycles. The van der Waals surface area contributed by atoms with Crippen LogP contribution in [0.15, 0.2) is 12.1 Å². The number of hydrogen-bond acceptors (Lipinski definition) is 4. The summed E-state index contributed by atoms with van der Waals surface area (Å²) in [6.07, 6.45) is 0.525. The van der Waals surface area contributed by atoms with Gasteiger partial charge in [-0.3, -0.25) is 4.79 Å². The van der Waals surface area contributed by atoms with E-state index in [2.05, 4.69) is 0 Å². The highest BCUT2D eigenvalue weighted by Gasteiger charge is 2.10. The van der Waals surface area contributed by atoms with E-state index in [0.29, 0.717) is 6.29 Å².